The first-order valence-electron chi connectivity index (χ1n) is 5.64. The molecule has 1 rings (SSSR count). The molecule has 0 bridgehead atoms. The lowest BCUT2D eigenvalue weighted by Crippen LogP contribution is -2.31. The highest BCUT2D eigenvalue weighted by Crippen LogP contribution is 2.14. The van der Waals surface area contributed by atoms with Crippen LogP contribution in [-0.2, 0) is 4.74 Å². The normalized spacial score (nSPS) is 10.2. The maximum absolute atomic E-state index is 5.63. The van der Waals surface area contributed by atoms with Gasteiger partial charge in [0, 0.05) is 32.1 Å². The summed E-state index contributed by atoms with van der Waals surface area (Å²) < 4.78 is 5.33. The van der Waals surface area contributed by atoms with Gasteiger partial charge in [0.1, 0.15) is 10.7 Å². The van der Waals surface area contributed by atoms with Crippen molar-refractivity contribution in [2.24, 2.45) is 5.73 Å². The monoisotopic (exact) mass is 254 g/mol. The van der Waals surface area contributed by atoms with Crippen LogP contribution in [0.2, 0.25) is 0 Å². The van der Waals surface area contributed by atoms with Crippen molar-refractivity contribution in [1.82, 2.24) is 9.97 Å². The van der Waals surface area contributed by atoms with E-state index in [1.807, 2.05) is 13.8 Å². The van der Waals surface area contributed by atoms with Crippen molar-refractivity contribution < 1.29 is 4.74 Å². The number of likely N-dealkylation sites (N-methyl/N-ethyl adjacent to an activating group) is 1. The Labute approximate surface area is 107 Å². The number of anilines is 1. The van der Waals surface area contributed by atoms with Crippen LogP contribution in [0.25, 0.3) is 0 Å². The van der Waals surface area contributed by atoms with E-state index >= 15 is 0 Å². The fourth-order valence-electron chi connectivity index (χ4n) is 1.47. The summed E-state index contributed by atoms with van der Waals surface area (Å²) in [7, 11) is 0. The van der Waals surface area contributed by atoms with E-state index in [1.165, 1.54) is 0 Å². The fourth-order valence-corrected chi connectivity index (χ4v) is 1.61. The van der Waals surface area contributed by atoms with Gasteiger partial charge in [0.05, 0.1) is 6.61 Å². The second-order valence-corrected chi connectivity index (χ2v) is 3.81. The van der Waals surface area contributed by atoms with Gasteiger partial charge >= 0.3 is 0 Å². The van der Waals surface area contributed by atoms with E-state index in [1.54, 1.807) is 12.4 Å². The van der Waals surface area contributed by atoms with Gasteiger partial charge in [-0.1, -0.05) is 12.2 Å². The Morgan fingerprint density at radius 2 is 2.12 bits per heavy atom. The molecule has 2 N–H and O–H groups in total. The Hall–Kier alpha value is -1.27. The van der Waals surface area contributed by atoms with Gasteiger partial charge in [-0.3, -0.25) is 0 Å². The first kappa shape index (κ1) is 13.8. The highest BCUT2D eigenvalue weighted by Gasteiger charge is 2.13. The minimum Gasteiger partial charge on any atom is -0.388 e. The van der Waals surface area contributed by atoms with Gasteiger partial charge in [-0.05, 0) is 13.8 Å². The molecule has 0 fully saturated rings. The number of aromatic nitrogens is 2. The van der Waals surface area contributed by atoms with Crippen molar-refractivity contribution in [1.29, 1.82) is 0 Å². The fraction of sp³-hybridized carbons (Fsp3) is 0.545. The third-order valence-electron chi connectivity index (χ3n) is 2.30. The predicted molar refractivity (Wildman–Crippen MR) is 72.3 cm³/mol. The summed E-state index contributed by atoms with van der Waals surface area (Å²) in [6, 6.07) is 0. The quantitative estimate of drug-likeness (QED) is 0.578. The molecule has 0 saturated heterocycles. The van der Waals surface area contributed by atoms with Gasteiger partial charge in [-0.15, -0.1) is 0 Å². The molecular weight excluding hydrogens is 236 g/mol. The van der Waals surface area contributed by atoms with E-state index in [2.05, 4.69) is 14.9 Å². The lowest BCUT2D eigenvalue weighted by Gasteiger charge is -2.23. The number of thiocarbonyl (C=S) groups is 1. The molecule has 17 heavy (non-hydrogen) atoms. The molecule has 0 unspecified atom stereocenters. The van der Waals surface area contributed by atoms with Crippen LogP contribution < -0.4 is 10.6 Å². The third kappa shape index (κ3) is 3.90. The maximum Gasteiger partial charge on any atom is 0.157 e. The minimum atomic E-state index is 0.267. The zero-order valence-electron chi connectivity index (χ0n) is 10.2. The Balaban J connectivity index is 2.83. The van der Waals surface area contributed by atoms with Crippen LogP contribution in [0.1, 0.15) is 19.5 Å². The molecule has 0 spiro atoms. The molecule has 0 aliphatic heterocycles. The summed E-state index contributed by atoms with van der Waals surface area (Å²) in [6.07, 6.45) is 3.23. The van der Waals surface area contributed by atoms with E-state index in [4.69, 9.17) is 22.7 Å². The van der Waals surface area contributed by atoms with E-state index in [-0.39, 0.29) is 4.99 Å². The van der Waals surface area contributed by atoms with Crippen LogP contribution in [0.3, 0.4) is 0 Å². The Morgan fingerprint density at radius 3 is 2.71 bits per heavy atom. The van der Waals surface area contributed by atoms with Crippen LogP contribution in [0.5, 0.6) is 0 Å². The summed E-state index contributed by atoms with van der Waals surface area (Å²) in [4.78, 5) is 10.8. The Bertz CT molecular complexity index is 372. The van der Waals surface area contributed by atoms with Gasteiger partial charge in [-0.2, -0.15) is 0 Å². The van der Waals surface area contributed by atoms with Gasteiger partial charge in [0.25, 0.3) is 0 Å². The molecule has 0 amide bonds. The molecule has 1 heterocycles. The van der Waals surface area contributed by atoms with Crippen molar-refractivity contribution in [3.8, 4) is 0 Å². The smallest absolute Gasteiger partial charge is 0.157 e. The Morgan fingerprint density at radius 1 is 1.41 bits per heavy atom. The summed E-state index contributed by atoms with van der Waals surface area (Å²) in [5.74, 6) is 0.724. The second-order valence-electron chi connectivity index (χ2n) is 3.37. The number of nitrogens with two attached hydrogens (primary N) is 1. The topological polar surface area (TPSA) is 64.3 Å². The molecule has 0 radical (unpaired) electrons. The third-order valence-corrected chi connectivity index (χ3v) is 2.50. The molecule has 0 aliphatic carbocycles. The summed E-state index contributed by atoms with van der Waals surface area (Å²) >= 11 is 4.97. The number of hydrogen-bond acceptors (Lipinski definition) is 5. The number of rotatable bonds is 7. The van der Waals surface area contributed by atoms with Crippen molar-refractivity contribution in [3.05, 3.63) is 18.1 Å². The summed E-state index contributed by atoms with van der Waals surface area (Å²) in [5.41, 5.74) is 6.20. The predicted octanol–water partition coefficient (Wildman–Crippen LogP) is 0.974. The summed E-state index contributed by atoms with van der Waals surface area (Å²) in [5, 5.41) is 0. The van der Waals surface area contributed by atoms with Crippen molar-refractivity contribution in [2.75, 3.05) is 31.2 Å². The highest BCUT2D eigenvalue weighted by molar-refractivity contribution is 7.80. The molecule has 0 aliphatic rings. The molecule has 94 valence electrons. The van der Waals surface area contributed by atoms with Crippen LogP contribution >= 0.6 is 12.2 Å². The number of nitrogens with zero attached hydrogens (tertiary/aromatic N) is 3. The molecule has 0 aromatic carbocycles. The van der Waals surface area contributed by atoms with E-state index < -0.39 is 0 Å². The van der Waals surface area contributed by atoms with Crippen LogP contribution in [0.15, 0.2) is 12.4 Å². The molecule has 5 nitrogen and oxygen atoms in total. The average Bonchev–Trinajstić information content (AvgIpc) is 2.35. The molecule has 6 heteroatoms. The first-order valence-corrected chi connectivity index (χ1v) is 6.05. The molecular formula is C11H18N4OS. The van der Waals surface area contributed by atoms with Crippen molar-refractivity contribution in [3.63, 3.8) is 0 Å². The summed E-state index contributed by atoms with van der Waals surface area (Å²) in [6.45, 7) is 6.93. The molecule has 1 aromatic heterocycles. The largest absolute Gasteiger partial charge is 0.388 e. The zero-order chi connectivity index (χ0) is 12.7. The number of hydrogen-bond donors (Lipinski definition) is 1. The number of ether oxygens (including phenoxy) is 1. The van der Waals surface area contributed by atoms with Crippen LogP contribution in [0, 0.1) is 0 Å². The van der Waals surface area contributed by atoms with Gasteiger partial charge < -0.3 is 15.4 Å². The standard InChI is InChI=1S/C11H18N4OS/c1-3-15(7-8-16-4-2)11-9(10(12)17)13-5-6-14-11/h5-6H,3-4,7-8H2,1-2H3,(H2,12,17). The Kier molecular flexibility index (Phi) is 5.79. The second kappa shape index (κ2) is 7.13. The lowest BCUT2D eigenvalue weighted by molar-refractivity contribution is 0.154. The van der Waals surface area contributed by atoms with Crippen molar-refractivity contribution in [2.45, 2.75) is 13.8 Å². The average molecular weight is 254 g/mol. The molecule has 0 atom stereocenters. The SMILES string of the molecule is CCOCCN(CC)c1nccnc1C(N)=S. The van der Waals surface area contributed by atoms with Gasteiger partial charge in [-0.25, -0.2) is 9.97 Å². The minimum absolute atomic E-state index is 0.267. The van der Waals surface area contributed by atoms with E-state index in [9.17, 15) is 0 Å². The maximum atomic E-state index is 5.63. The first-order chi connectivity index (χ1) is 8.20. The van der Waals surface area contributed by atoms with Crippen LogP contribution in [-0.4, -0.2) is 41.3 Å². The molecule has 1 aromatic rings. The van der Waals surface area contributed by atoms with Crippen LogP contribution in [0.4, 0.5) is 5.82 Å². The lowest BCUT2D eigenvalue weighted by atomic mass is 10.3. The van der Waals surface area contributed by atoms with Gasteiger partial charge in [0.15, 0.2) is 5.82 Å². The highest BCUT2D eigenvalue weighted by atomic mass is 32.1. The van der Waals surface area contributed by atoms with Crippen molar-refractivity contribution >= 4 is 23.0 Å². The van der Waals surface area contributed by atoms with E-state index in [0.717, 1.165) is 18.9 Å². The zero-order valence-corrected chi connectivity index (χ0v) is 11.0. The van der Waals surface area contributed by atoms with Gasteiger partial charge in [0.2, 0.25) is 0 Å². The molecule has 0 saturated carbocycles. The van der Waals surface area contributed by atoms with E-state index in [0.29, 0.717) is 18.9 Å².